The largest absolute Gasteiger partial charge is 0.471 e. The van der Waals surface area contributed by atoms with Crippen molar-refractivity contribution in [3.05, 3.63) is 29.8 Å². The summed E-state index contributed by atoms with van der Waals surface area (Å²) in [6.45, 7) is 5.25. The summed E-state index contributed by atoms with van der Waals surface area (Å²) >= 11 is 0. The number of carbonyl (C=O) groups excluding carboxylic acids is 2. The van der Waals surface area contributed by atoms with Crippen molar-refractivity contribution in [2.75, 3.05) is 12.4 Å². The highest BCUT2D eigenvalue weighted by Gasteiger charge is 2.41. The number of amides is 2. The molecule has 1 atom stereocenters. The third-order valence-electron chi connectivity index (χ3n) is 3.42. The number of nitrogens with zero attached hydrogens (tertiary/aromatic N) is 1. The fourth-order valence-corrected chi connectivity index (χ4v) is 1.92. The molecule has 0 fully saturated rings. The molecule has 2 amide bonds. The number of anilines is 1. The number of rotatable bonds is 4. The molecule has 0 aliphatic rings. The molecule has 134 valence electrons. The summed E-state index contributed by atoms with van der Waals surface area (Å²) in [5.41, 5.74) is 6.29. The van der Waals surface area contributed by atoms with Gasteiger partial charge in [-0.2, -0.15) is 13.2 Å². The van der Waals surface area contributed by atoms with Crippen LogP contribution in [0.15, 0.2) is 24.3 Å². The Bertz CT molecular complexity index is 609. The Morgan fingerprint density at radius 2 is 1.83 bits per heavy atom. The smallest absolute Gasteiger partial charge is 0.334 e. The van der Waals surface area contributed by atoms with Crippen molar-refractivity contribution >= 4 is 17.5 Å². The Kier molecular flexibility index (Phi) is 5.99. The fraction of sp³-hybridized carbons (Fsp3) is 0.500. The van der Waals surface area contributed by atoms with Crippen LogP contribution in [0.25, 0.3) is 0 Å². The molecule has 0 heterocycles. The maximum Gasteiger partial charge on any atom is 0.471 e. The first-order chi connectivity index (χ1) is 10.8. The van der Waals surface area contributed by atoms with Crippen LogP contribution in [0, 0.1) is 5.41 Å². The van der Waals surface area contributed by atoms with Crippen LogP contribution < -0.4 is 11.1 Å². The molecule has 1 aromatic carbocycles. The predicted molar refractivity (Wildman–Crippen MR) is 85.0 cm³/mol. The summed E-state index contributed by atoms with van der Waals surface area (Å²) in [4.78, 5) is 23.8. The molecule has 0 saturated heterocycles. The van der Waals surface area contributed by atoms with Gasteiger partial charge in [0.15, 0.2) is 0 Å². The molecule has 0 saturated carbocycles. The Morgan fingerprint density at radius 3 is 2.33 bits per heavy atom. The van der Waals surface area contributed by atoms with Gasteiger partial charge >= 0.3 is 12.1 Å². The maximum atomic E-state index is 12.4. The lowest BCUT2D eigenvalue weighted by Crippen LogP contribution is -2.45. The van der Waals surface area contributed by atoms with Gasteiger partial charge in [-0.1, -0.05) is 32.9 Å². The fourth-order valence-electron chi connectivity index (χ4n) is 1.92. The van der Waals surface area contributed by atoms with Crippen LogP contribution in [0.1, 0.15) is 26.3 Å². The van der Waals surface area contributed by atoms with E-state index in [9.17, 15) is 22.8 Å². The molecule has 3 N–H and O–H groups in total. The van der Waals surface area contributed by atoms with Gasteiger partial charge in [0, 0.05) is 19.3 Å². The van der Waals surface area contributed by atoms with E-state index in [4.69, 9.17) is 5.73 Å². The molecule has 5 nitrogen and oxygen atoms in total. The van der Waals surface area contributed by atoms with Crippen LogP contribution in [0.4, 0.5) is 18.9 Å². The first-order valence-corrected chi connectivity index (χ1v) is 7.30. The zero-order valence-electron chi connectivity index (χ0n) is 14.1. The van der Waals surface area contributed by atoms with Crippen molar-refractivity contribution < 1.29 is 22.8 Å². The van der Waals surface area contributed by atoms with E-state index in [2.05, 4.69) is 5.32 Å². The van der Waals surface area contributed by atoms with Crippen LogP contribution in [0.2, 0.25) is 0 Å². The maximum absolute atomic E-state index is 12.4. The van der Waals surface area contributed by atoms with Gasteiger partial charge in [0.1, 0.15) is 0 Å². The molecule has 0 spiro atoms. The summed E-state index contributed by atoms with van der Waals surface area (Å²) in [6.07, 6.45) is -4.92. The first-order valence-electron chi connectivity index (χ1n) is 7.30. The first kappa shape index (κ1) is 20.0. The monoisotopic (exact) mass is 345 g/mol. The summed E-state index contributed by atoms with van der Waals surface area (Å²) in [5, 5.41) is 2.63. The van der Waals surface area contributed by atoms with E-state index in [0.29, 0.717) is 16.2 Å². The van der Waals surface area contributed by atoms with Gasteiger partial charge in [-0.05, 0) is 23.1 Å². The summed E-state index contributed by atoms with van der Waals surface area (Å²) in [6, 6.07) is 5.52. The quantitative estimate of drug-likeness (QED) is 0.880. The van der Waals surface area contributed by atoms with Crippen molar-refractivity contribution in [3.63, 3.8) is 0 Å². The molecule has 0 unspecified atom stereocenters. The third kappa shape index (κ3) is 5.52. The van der Waals surface area contributed by atoms with E-state index >= 15 is 0 Å². The molecule has 0 bridgehead atoms. The minimum Gasteiger partial charge on any atom is -0.334 e. The molecular weight excluding hydrogens is 323 g/mol. The van der Waals surface area contributed by atoms with E-state index in [-0.39, 0.29) is 12.5 Å². The van der Waals surface area contributed by atoms with E-state index in [1.807, 2.05) is 20.8 Å². The number of alkyl halides is 3. The van der Waals surface area contributed by atoms with Gasteiger partial charge in [-0.3, -0.25) is 9.59 Å². The second-order valence-corrected chi connectivity index (χ2v) is 6.69. The number of benzene rings is 1. The van der Waals surface area contributed by atoms with Crippen LogP contribution in [-0.2, 0) is 16.1 Å². The Morgan fingerprint density at radius 1 is 1.25 bits per heavy atom. The van der Waals surface area contributed by atoms with Gasteiger partial charge < -0.3 is 16.0 Å². The molecule has 24 heavy (non-hydrogen) atoms. The summed E-state index contributed by atoms with van der Waals surface area (Å²) in [7, 11) is 1.07. The highest BCUT2D eigenvalue weighted by Crippen LogP contribution is 2.21. The minimum absolute atomic E-state index is 0.229. The molecule has 0 aromatic heterocycles. The zero-order valence-corrected chi connectivity index (χ0v) is 14.1. The highest BCUT2D eigenvalue weighted by atomic mass is 19.4. The topological polar surface area (TPSA) is 75.4 Å². The van der Waals surface area contributed by atoms with Gasteiger partial charge in [-0.15, -0.1) is 0 Å². The van der Waals surface area contributed by atoms with Crippen LogP contribution in [-0.4, -0.2) is 36.0 Å². The molecule has 0 radical (unpaired) electrons. The molecule has 1 rings (SSSR count). The van der Waals surface area contributed by atoms with E-state index in [0.717, 1.165) is 7.05 Å². The SMILES string of the molecule is CN(Cc1cccc(NC(=O)[C@@H](N)C(C)(C)C)c1)C(=O)C(F)(F)F. The standard InChI is InChI=1S/C16H22F3N3O2/c1-15(2,3)12(20)13(23)21-11-7-5-6-10(8-11)9-22(4)14(24)16(17,18)19/h5-8,12H,9,20H2,1-4H3,(H,21,23)/t12-/m1/s1. The van der Waals surface area contributed by atoms with Crippen molar-refractivity contribution in [1.82, 2.24) is 4.90 Å². The van der Waals surface area contributed by atoms with Crippen LogP contribution in [0.5, 0.6) is 0 Å². The average molecular weight is 345 g/mol. The van der Waals surface area contributed by atoms with E-state index in [1.165, 1.54) is 6.07 Å². The number of hydrogen-bond acceptors (Lipinski definition) is 3. The van der Waals surface area contributed by atoms with Crippen molar-refractivity contribution in [1.29, 1.82) is 0 Å². The molecule has 8 heteroatoms. The number of hydrogen-bond donors (Lipinski definition) is 2. The lowest BCUT2D eigenvalue weighted by molar-refractivity contribution is -0.184. The van der Waals surface area contributed by atoms with Crippen LogP contribution >= 0.6 is 0 Å². The number of carbonyl (C=O) groups is 2. The van der Waals surface area contributed by atoms with Gasteiger partial charge in [0.05, 0.1) is 6.04 Å². The molecule has 0 aliphatic heterocycles. The van der Waals surface area contributed by atoms with Crippen molar-refractivity contribution in [3.8, 4) is 0 Å². The van der Waals surface area contributed by atoms with Gasteiger partial charge in [0.25, 0.3) is 0 Å². The van der Waals surface area contributed by atoms with E-state index < -0.39 is 23.5 Å². The lowest BCUT2D eigenvalue weighted by atomic mass is 9.87. The van der Waals surface area contributed by atoms with Crippen molar-refractivity contribution in [2.45, 2.75) is 39.5 Å². The Balaban J connectivity index is 2.81. The second kappa shape index (κ2) is 7.21. The number of halogens is 3. The lowest BCUT2D eigenvalue weighted by Gasteiger charge is -2.26. The second-order valence-electron chi connectivity index (χ2n) is 6.69. The normalized spacial score (nSPS) is 13.3. The Labute approximate surface area is 139 Å². The van der Waals surface area contributed by atoms with E-state index in [1.54, 1.807) is 18.2 Å². The molecule has 0 aliphatic carbocycles. The molecule has 1 aromatic rings. The minimum atomic E-state index is -4.92. The highest BCUT2D eigenvalue weighted by molar-refractivity contribution is 5.95. The summed E-state index contributed by atoms with van der Waals surface area (Å²) in [5.74, 6) is -2.31. The van der Waals surface area contributed by atoms with Gasteiger partial charge in [0.2, 0.25) is 5.91 Å². The molecular formula is C16H22F3N3O2. The number of nitrogens with two attached hydrogens (primary N) is 1. The predicted octanol–water partition coefficient (Wildman–Crippen LogP) is 2.52. The van der Waals surface area contributed by atoms with Crippen molar-refractivity contribution in [2.24, 2.45) is 11.1 Å². The van der Waals surface area contributed by atoms with Gasteiger partial charge in [-0.25, -0.2) is 0 Å². The van der Waals surface area contributed by atoms with Crippen LogP contribution in [0.3, 0.4) is 0 Å². The zero-order chi connectivity index (χ0) is 18.7. The average Bonchev–Trinajstić information content (AvgIpc) is 2.43. The third-order valence-corrected chi connectivity index (χ3v) is 3.42. The Hall–Kier alpha value is -2.09. The summed E-state index contributed by atoms with van der Waals surface area (Å²) < 4.78 is 37.2. The number of nitrogens with one attached hydrogen (secondary N) is 1.